The number of nitrogens with zero attached hydrogens (tertiary/aromatic N) is 3. The van der Waals surface area contributed by atoms with Crippen molar-refractivity contribution in [1.82, 2.24) is 10.2 Å². The average Bonchev–Trinajstić information content (AvgIpc) is 2.34. The molecule has 0 spiro atoms. The normalized spacial score (nSPS) is 9.71. The Balaban J connectivity index is 2.38. The van der Waals surface area contributed by atoms with Crippen molar-refractivity contribution in [2.24, 2.45) is 0 Å². The van der Waals surface area contributed by atoms with Crippen molar-refractivity contribution in [1.29, 1.82) is 5.26 Å². The molecule has 1 aromatic carbocycles. The minimum atomic E-state index is -0.509. The van der Waals surface area contributed by atoms with Crippen LogP contribution in [0, 0.1) is 24.1 Å². The Bertz CT molecular complexity index is 593. The highest BCUT2D eigenvalue weighted by atomic mass is 19.1. The van der Waals surface area contributed by atoms with Gasteiger partial charge in [-0.15, -0.1) is 5.10 Å². The van der Waals surface area contributed by atoms with Crippen molar-refractivity contribution in [2.75, 3.05) is 0 Å². The van der Waals surface area contributed by atoms with Crippen molar-refractivity contribution in [3.63, 3.8) is 0 Å². The van der Waals surface area contributed by atoms with Gasteiger partial charge in [0.1, 0.15) is 11.6 Å². The molecule has 5 heteroatoms. The molecule has 0 aliphatic carbocycles. The predicted molar refractivity (Wildman–Crippen MR) is 58.0 cm³/mol. The molecule has 0 amide bonds. The topological polar surface area (TPSA) is 58.8 Å². The van der Waals surface area contributed by atoms with E-state index in [9.17, 15) is 4.39 Å². The molecule has 0 saturated heterocycles. The summed E-state index contributed by atoms with van der Waals surface area (Å²) in [6.07, 6.45) is 1.37. The van der Waals surface area contributed by atoms with E-state index in [0.29, 0.717) is 0 Å². The summed E-state index contributed by atoms with van der Waals surface area (Å²) in [4.78, 5) is 0. The second kappa shape index (κ2) is 4.58. The molecule has 0 saturated carbocycles. The molecule has 84 valence electrons. The van der Waals surface area contributed by atoms with E-state index in [1.807, 2.05) is 13.0 Å². The number of benzene rings is 1. The molecule has 1 aromatic heterocycles. The Morgan fingerprint density at radius 1 is 1.35 bits per heavy atom. The molecule has 1 heterocycles. The molecular weight excluding hydrogens is 221 g/mol. The first-order chi connectivity index (χ1) is 8.20. The molecule has 2 rings (SSSR count). The lowest BCUT2D eigenvalue weighted by molar-refractivity contribution is 0.420. The zero-order valence-corrected chi connectivity index (χ0v) is 9.01. The lowest BCUT2D eigenvalue weighted by Gasteiger charge is -2.06. The predicted octanol–water partition coefficient (Wildman–Crippen LogP) is 2.59. The Morgan fingerprint density at radius 2 is 2.18 bits per heavy atom. The Labute approximate surface area is 97.3 Å². The molecule has 0 aliphatic heterocycles. The summed E-state index contributed by atoms with van der Waals surface area (Å²) < 4.78 is 18.7. The molecular formula is C12H8FN3O. The maximum absolute atomic E-state index is 13.4. The molecule has 0 atom stereocenters. The van der Waals surface area contributed by atoms with E-state index in [2.05, 4.69) is 10.2 Å². The van der Waals surface area contributed by atoms with Gasteiger partial charge in [-0.05, 0) is 30.7 Å². The van der Waals surface area contributed by atoms with Crippen LogP contribution in [-0.4, -0.2) is 10.2 Å². The van der Waals surface area contributed by atoms with E-state index in [4.69, 9.17) is 10.00 Å². The fourth-order valence-corrected chi connectivity index (χ4v) is 1.27. The van der Waals surface area contributed by atoms with Crippen LogP contribution >= 0.6 is 0 Å². The monoisotopic (exact) mass is 229 g/mol. The number of ether oxygens (including phenoxy) is 1. The van der Waals surface area contributed by atoms with E-state index in [1.54, 1.807) is 6.07 Å². The Hall–Kier alpha value is -2.48. The molecule has 0 bridgehead atoms. The molecule has 2 aromatic rings. The molecule has 17 heavy (non-hydrogen) atoms. The maximum Gasteiger partial charge on any atom is 0.257 e. The third-order valence-corrected chi connectivity index (χ3v) is 2.10. The highest BCUT2D eigenvalue weighted by molar-refractivity contribution is 5.40. The van der Waals surface area contributed by atoms with Crippen molar-refractivity contribution in [3.8, 4) is 17.7 Å². The van der Waals surface area contributed by atoms with Crippen LogP contribution in [0.15, 0.2) is 30.5 Å². The quantitative estimate of drug-likeness (QED) is 0.794. The van der Waals surface area contributed by atoms with Gasteiger partial charge >= 0.3 is 0 Å². The van der Waals surface area contributed by atoms with Crippen LogP contribution in [0.1, 0.15) is 11.1 Å². The summed E-state index contributed by atoms with van der Waals surface area (Å²) >= 11 is 0. The van der Waals surface area contributed by atoms with Gasteiger partial charge in [0.2, 0.25) is 0 Å². The molecule has 4 nitrogen and oxygen atoms in total. The van der Waals surface area contributed by atoms with Gasteiger partial charge < -0.3 is 4.74 Å². The standard InChI is InChI=1S/C12H8FN3O/c1-8-2-3-10(13)11(6-8)17-12-9(7-14)4-5-15-16-12/h2-6H,1H3. The van der Waals surface area contributed by atoms with E-state index < -0.39 is 5.82 Å². The third kappa shape index (κ3) is 2.37. The molecule has 0 radical (unpaired) electrons. The fraction of sp³-hybridized carbons (Fsp3) is 0.0833. The van der Waals surface area contributed by atoms with Crippen LogP contribution < -0.4 is 4.74 Å². The minimum absolute atomic E-state index is 0.000463. The maximum atomic E-state index is 13.4. The van der Waals surface area contributed by atoms with Gasteiger partial charge in [-0.1, -0.05) is 6.07 Å². The number of aryl methyl sites for hydroxylation is 1. The minimum Gasteiger partial charge on any atom is -0.433 e. The Morgan fingerprint density at radius 3 is 2.94 bits per heavy atom. The molecule has 0 unspecified atom stereocenters. The summed E-state index contributed by atoms with van der Waals surface area (Å²) in [5, 5.41) is 16.1. The Kier molecular flexibility index (Phi) is 2.97. The van der Waals surface area contributed by atoms with Crippen LogP contribution in [0.2, 0.25) is 0 Å². The van der Waals surface area contributed by atoms with Crippen molar-refractivity contribution >= 4 is 0 Å². The second-order valence-electron chi connectivity index (χ2n) is 3.40. The summed E-state index contributed by atoms with van der Waals surface area (Å²) in [6.45, 7) is 1.81. The zero-order valence-electron chi connectivity index (χ0n) is 9.01. The molecule has 0 fully saturated rings. The number of halogens is 1. The van der Waals surface area contributed by atoms with Crippen molar-refractivity contribution < 1.29 is 9.13 Å². The number of hydrogen-bond donors (Lipinski definition) is 0. The van der Waals surface area contributed by atoms with Crippen LogP contribution in [0.3, 0.4) is 0 Å². The van der Waals surface area contributed by atoms with Gasteiger partial charge in [-0.2, -0.15) is 10.4 Å². The number of aromatic nitrogens is 2. The summed E-state index contributed by atoms with van der Waals surface area (Å²) in [7, 11) is 0. The summed E-state index contributed by atoms with van der Waals surface area (Å²) in [5.41, 5.74) is 1.06. The third-order valence-electron chi connectivity index (χ3n) is 2.10. The lowest BCUT2D eigenvalue weighted by atomic mass is 10.2. The first-order valence-electron chi connectivity index (χ1n) is 4.86. The zero-order chi connectivity index (χ0) is 12.3. The largest absolute Gasteiger partial charge is 0.433 e. The van der Waals surface area contributed by atoms with Gasteiger partial charge in [-0.25, -0.2) is 4.39 Å². The van der Waals surface area contributed by atoms with Crippen LogP contribution in [0.4, 0.5) is 4.39 Å². The van der Waals surface area contributed by atoms with Gasteiger partial charge in [0.05, 0.1) is 6.20 Å². The van der Waals surface area contributed by atoms with Gasteiger partial charge in [0, 0.05) is 0 Å². The summed E-state index contributed by atoms with van der Waals surface area (Å²) in [6, 6.07) is 7.81. The first kappa shape index (κ1) is 11.0. The van der Waals surface area contributed by atoms with Crippen LogP contribution in [0.25, 0.3) is 0 Å². The van der Waals surface area contributed by atoms with Crippen molar-refractivity contribution in [2.45, 2.75) is 6.92 Å². The molecule has 0 N–H and O–H groups in total. The lowest BCUT2D eigenvalue weighted by Crippen LogP contribution is -1.95. The van der Waals surface area contributed by atoms with Gasteiger partial charge in [-0.3, -0.25) is 0 Å². The van der Waals surface area contributed by atoms with Crippen LogP contribution in [0.5, 0.6) is 11.6 Å². The van der Waals surface area contributed by atoms with Crippen LogP contribution in [-0.2, 0) is 0 Å². The SMILES string of the molecule is Cc1ccc(F)c(Oc2nnccc2C#N)c1. The van der Waals surface area contributed by atoms with E-state index in [1.165, 1.54) is 24.4 Å². The number of hydrogen-bond acceptors (Lipinski definition) is 4. The second-order valence-corrected chi connectivity index (χ2v) is 3.40. The first-order valence-corrected chi connectivity index (χ1v) is 4.86. The van der Waals surface area contributed by atoms with E-state index >= 15 is 0 Å². The number of nitriles is 1. The van der Waals surface area contributed by atoms with Gasteiger partial charge in [0.25, 0.3) is 5.88 Å². The van der Waals surface area contributed by atoms with Crippen molar-refractivity contribution in [3.05, 3.63) is 47.4 Å². The molecule has 0 aliphatic rings. The highest BCUT2D eigenvalue weighted by Gasteiger charge is 2.10. The summed E-state index contributed by atoms with van der Waals surface area (Å²) in [5.74, 6) is -0.480. The van der Waals surface area contributed by atoms with E-state index in [0.717, 1.165) is 5.56 Å². The fourth-order valence-electron chi connectivity index (χ4n) is 1.27. The highest BCUT2D eigenvalue weighted by Crippen LogP contribution is 2.25. The van der Waals surface area contributed by atoms with Gasteiger partial charge in [0.15, 0.2) is 11.6 Å². The van der Waals surface area contributed by atoms with E-state index in [-0.39, 0.29) is 17.2 Å². The number of rotatable bonds is 2. The smallest absolute Gasteiger partial charge is 0.257 e. The average molecular weight is 229 g/mol.